The number of benzene rings is 1. The Morgan fingerprint density at radius 2 is 2.16 bits per heavy atom. The molecule has 0 fully saturated rings. The number of para-hydroxylation sites is 1. The van der Waals surface area contributed by atoms with E-state index >= 15 is 0 Å². The molecule has 0 aliphatic heterocycles. The molecular weight excluding hydrogens is 246 g/mol. The van der Waals surface area contributed by atoms with E-state index in [0.717, 1.165) is 0 Å². The summed E-state index contributed by atoms with van der Waals surface area (Å²) >= 11 is 0. The van der Waals surface area contributed by atoms with Gasteiger partial charge in [-0.15, -0.1) is 0 Å². The zero-order chi connectivity index (χ0) is 14.3. The fraction of sp³-hybridized carbons (Fsp3) is 0.500. The number of nitrogens with one attached hydrogen (secondary N) is 1. The number of carbonyl (C=O) groups excluding carboxylic acids is 1. The summed E-state index contributed by atoms with van der Waals surface area (Å²) in [5, 5.41) is 12.0. The Kier molecular flexibility index (Phi) is 6.15. The van der Waals surface area contributed by atoms with E-state index in [0.29, 0.717) is 29.5 Å². The van der Waals surface area contributed by atoms with Gasteiger partial charge in [-0.25, -0.2) is 0 Å². The number of aliphatic hydroxyl groups excluding tert-OH is 1. The van der Waals surface area contributed by atoms with Gasteiger partial charge in [0.1, 0.15) is 0 Å². The van der Waals surface area contributed by atoms with Crippen LogP contribution in [0.2, 0.25) is 0 Å². The average molecular weight is 267 g/mol. The molecule has 1 amide bonds. The first-order valence-electron chi connectivity index (χ1n) is 6.24. The Bertz CT molecular complexity index is 396. The lowest BCUT2D eigenvalue weighted by atomic mass is 10.2. The van der Waals surface area contributed by atoms with Gasteiger partial charge in [-0.2, -0.15) is 0 Å². The minimum atomic E-state index is -0.191. The van der Waals surface area contributed by atoms with Crippen LogP contribution >= 0.6 is 0 Å². The first-order chi connectivity index (χ1) is 9.08. The third-order valence-electron chi connectivity index (χ3n) is 2.51. The fourth-order valence-electron chi connectivity index (χ4n) is 1.52. The smallest absolute Gasteiger partial charge is 0.257 e. The highest BCUT2D eigenvalue weighted by molar-refractivity contribution is 5.77. The van der Waals surface area contributed by atoms with Gasteiger partial charge in [0.15, 0.2) is 18.1 Å². The van der Waals surface area contributed by atoms with E-state index in [9.17, 15) is 9.90 Å². The molecular formula is C14H21NO4. The lowest BCUT2D eigenvalue weighted by Crippen LogP contribution is -2.31. The SMILES string of the molecule is COc1cccc(CO)c1OCC(=O)NCC(C)C. The van der Waals surface area contributed by atoms with Crippen molar-refractivity contribution in [2.24, 2.45) is 5.92 Å². The molecule has 0 aromatic heterocycles. The van der Waals surface area contributed by atoms with Crippen LogP contribution < -0.4 is 14.8 Å². The molecule has 2 N–H and O–H groups in total. The van der Waals surface area contributed by atoms with E-state index in [1.54, 1.807) is 18.2 Å². The maximum absolute atomic E-state index is 11.6. The van der Waals surface area contributed by atoms with Crippen molar-refractivity contribution in [3.63, 3.8) is 0 Å². The quantitative estimate of drug-likeness (QED) is 0.782. The van der Waals surface area contributed by atoms with Crippen molar-refractivity contribution < 1.29 is 19.4 Å². The van der Waals surface area contributed by atoms with Crippen LogP contribution in [0.15, 0.2) is 18.2 Å². The predicted molar refractivity (Wildman–Crippen MR) is 72.3 cm³/mol. The molecule has 1 rings (SSSR count). The molecule has 0 atom stereocenters. The first-order valence-corrected chi connectivity index (χ1v) is 6.24. The number of hydrogen-bond acceptors (Lipinski definition) is 4. The molecule has 0 aliphatic rings. The second kappa shape index (κ2) is 7.63. The number of methoxy groups -OCH3 is 1. The molecule has 106 valence electrons. The lowest BCUT2D eigenvalue weighted by molar-refractivity contribution is -0.123. The van der Waals surface area contributed by atoms with Crippen molar-refractivity contribution >= 4 is 5.91 Å². The van der Waals surface area contributed by atoms with Gasteiger partial charge in [0.05, 0.1) is 13.7 Å². The number of amides is 1. The zero-order valence-corrected chi connectivity index (χ0v) is 11.6. The molecule has 0 heterocycles. The number of hydrogen-bond donors (Lipinski definition) is 2. The highest BCUT2D eigenvalue weighted by Crippen LogP contribution is 2.30. The van der Waals surface area contributed by atoms with Crippen LogP contribution in [0.5, 0.6) is 11.5 Å². The summed E-state index contributed by atoms with van der Waals surface area (Å²) in [6.07, 6.45) is 0. The van der Waals surface area contributed by atoms with Crippen molar-refractivity contribution in [1.29, 1.82) is 0 Å². The van der Waals surface area contributed by atoms with E-state index in [1.165, 1.54) is 7.11 Å². The second-order valence-corrected chi connectivity index (χ2v) is 4.59. The van der Waals surface area contributed by atoms with Crippen molar-refractivity contribution in [3.8, 4) is 11.5 Å². The number of aliphatic hydroxyl groups is 1. The minimum absolute atomic E-state index is 0.0971. The molecule has 0 saturated carbocycles. The summed E-state index contributed by atoms with van der Waals surface area (Å²) in [5.74, 6) is 1.11. The highest BCUT2D eigenvalue weighted by atomic mass is 16.5. The molecule has 0 unspecified atom stereocenters. The molecule has 19 heavy (non-hydrogen) atoms. The normalized spacial score (nSPS) is 10.4. The van der Waals surface area contributed by atoms with Crippen molar-refractivity contribution in [1.82, 2.24) is 5.32 Å². The van der Waals surface area contributed by atoms with Crippen LogP contribution in [0, 0.1) is 5.92 Å². The summed E-state index contributed by atoms with van der Waals surface area (Å²) in [5.41, 5.74) is 0.594. The predicted octanol–water partition coefficient (Wildman–Crippen LogP) is 1.34. The Balaban J connectivity index is 2.63. The Hall–Kier alpha value is -1.75. The average Bonchev–Trinajstić information content (AvgIpc) is 2.42. The van der Waals surface area contributed by atoms with Gasteiger partial charge < -0.3 is 19.9 Å². The summed E-state index contributed by atoms with van der Waals surface area (Å²) in [6, 6.07) is 5.21. The topological polar surface area (TPSA) is 67.8 Å². The van der Waals surface area contributed by atoms with Gasteiger partial charge in [-0.1, -0.05) is 26.0 Å². The standard InChI is InChI=1S/C14H21NO4/c1-10(2)7-15-13(17)9-19-14-11(8-16)5-4-6-12(14)18-3/h4-6,10,16H,7-9H2,1-3H3,(H,15,17). The third kappa shape index (κ3) is 4.79. The van der Waals surface area contributed by atoms with Gasteiger partial charge in [0.2, 0.25) is 0 Å². The van der Waals surface area contributed by atoms with Crippen LogP contribution in [0.4, 0.5) is 0 Å². The number of ether oxygens (including phenoxy) is 2. The number of rotatable bonds is 7. The zero-order valence-electron chi connectivity index (χ0n) is 11.6. The van der Waals surface area contributed by atoms with Crippen LogP contribution in [-0.4, -0.2) is 31.3 Å². The molecule has 0 saturated heterocycles. The second-order valence-electron chi connectivity index (χ2n) is 4.59. The molecule has 1 aromatic carbocycles. The Morgan fingerprint density at radius 3 is 2.74 bits per heavy atom. The molecule has 5 heteroatoms. The first kappa shape index (κ1) is 15.3. The van der Waals surface area contributed by atoms with E-state index in [4.69, 9.17) is 9.47 Å². The van der Waals surface area contributed by atoms with Crippen LogP contribution in [0.3, 0.4) is 0 Å². The molecule has 0 aliphatic carbocycles. The lowest BCUT2D eigenvalue weighted by Gasteiger charge is -2.14. The largest absolute Gasteiger partial charge is 0.493 e. The van der Waals surface area contributed by atoms with E-state index in [2.05, 4.69) is 5.32 Å². The fourth-order valence-corrected chi connectivity index (χ4v) is 1.52. The van der Waals surface area contributed by atoms with Gasteiger partial charge in [-0.3, -0.25) is 4.79 Å². The van der Waals surface area contributed by atoms with Gasteiger partial charge in [0, 0.05) is 12.1 Å². The molecule has 0 bridgehead atoms. The van der Waals surface area contributed by atoms with Gasteiger partial charge >= 0.3 is 0 Å². The summed E-state index contributed by atoms with van der Waals surface area (Å²) < 4.78 is 10.6. The summed E-state index contributed by atoms with van der Waals surface area (Å²) in [6.45, 7) is 4.39. The Labute approximate surface area is 113 Å². The Morgan fingerprint density at radius 1 is 1.42 bits per heavy atom. The van der Waals surface area contributed by atoms with E-state index in [1.807, 2.05) is 13.8 Å². The summed E-state index contributed by atoms with van der Waals surface area (Å²) in [7, 11) is 1.52. The molecule has 0 spiro atoms. The number of carbonyl (C=O) groups is 1. The molecule has 5 nitrogen and oxygen atoms in total. The van der Waals surface area contributed by atoms with Gasteiger partial charge in [-0.05, 0) is 12.0 Å². The highest BCUT2D eigenvalue weighted by Gasteiger charge is 2.12. The van der Waals surface area contributed by atoms with E-state index < -0.39 is 0 Å². The third-order valence-corrected chi connectivity index (χ3v) is 2.51. The monoisotopic (exact) mass is 267 g/mol. The van der Waals surface area contributed by atoms with E-state index in [-0.39, 0.29) is 19.1 Å². The van der Waals surface area contributed by atoms with Gasteiger partial charge in [0.25, 0.3) is 5.91 Å². The van der Waals surface area contributed by atoms with Crippen molar-refractivity contribution in [2.45, 2.75) is 20.5 Å². The van der Waals surface area contributed by atoms with Crippen LogP contribution in [0.1, 0.15) is 19.4 Å². The summed E-state index contributed by atoms with van der Waals surface area (Å²) in [4.78, 5) is 11.6. The van der Waals surface area contributed by atoms with Crippen LogP contribution in [-0.2, 0) is 11.4 Å². The minimum Gasteiger partial charge on any atom is -0.493 e. The van der Waals surface area contributed by atoms with Crippen molar-refractivity contribution in [2.75, 3.05) is 20.3 Å². The van der Waals surface area contributed by atoms with Crippen molar-refractivity contribution in [3.05, 3.63) is 23.8 Å². The maximum atomic E-state index is 11.6. The molecule has 1 aromatic rings. The van der Waals surface area contributed by atoms with Crippen LogP contribution in [0.25, 0.3) is 0 Å². The molecule has 0 radical (unpaired) electrons. The maximum Gasteiger partial charge on any atom is 0.257 e.